The molecule has 18 heavy (non-hydrogen) atoms. The third-order valence-electron chi connectivity index (χ3n) is 2.13. The van der Waals surface area contributed by atoms with Crippen LogP contribution in [0.1, 0.15) is 5.56 Å². The number of benzene rings is 1. The van der Waals surface area contributed by atoms with Gasteiger partial charge in [-0.1, -0.05) is 41.1 Å². The van der Waals surface area contributed by atoms with Gasteiger partial charge in [0.15, 0.2) is 8.68 Å². The van der Waals surface area contributed by atoms with Crippen LogP contribution in [-0.4, -0.2) is 13.4 Å². The van der Waals surface area contributed by atoms with Crippen LogP contribution in [0.3, 0.4) is 0 Å². The Kier molecular flexibility index (Phi) is 3.96. The Hall–Kier alpha value is -1.02. The first kappa shape index (κ1) is 13.4. The number of nitrogens with zero attached hydrogens (tertiary/aromatic N) is 1. The van der Waals surface area contributed by atoms with Crippen LogP contribution in [0.2, 0.25) is 4.47 Å². The molecule has 2 aromatic rings. The van der Waals surface area contributed by atoms with Gasteiger partial charge >= 0.3 is 0 Å². The molecule has 1 heterocycles. The van der Waals surface area contributed by atoms with Crippen LogP contribution in [0.4, 0.5) is 4.39 Å². The zero-order chi connectivity index (χ0) is 13.2. The van der Waals surface area contributed by atoms with Crippen molar-refractivity contribution in [2.75, 3.05) is 0 Å². The molecule has 0 unspecified atom stereocenters. The molecule has 0 saturated heterocycles. The number of thiazole rings is 1. The first-order chi connectivity index (χ1) is 8.49. The molecular formula is C10H8ClFN2O2S2. The topological polar surface area (TPSA) is 59.1 Å². The molecule has 1 N–H and O–H groups in total. The monoisotopic (exact) mass is 306 g/mol. The van der Waals surface area contributed by atoms with Crippen LogP contribution in [0, 0.1) is 5.82 Å². The van der Waals surface area contributed by atoms with E-state index >= 15 is 0 Å². The second-order valence-electron chi connectivity index (χ2n) is 3.35. The fourth-order valence-corrected chi connectivity index (χ4v) is 3.59. The Balaban J connectivity index is 2.13. The van der Waals surface area contributed by atoms with E-state index in [1.54, 1.807) is 6.07 Å². The minimum atomic E-state index is -3.70. The highest BCUT2D eigenvalue weighted by molar-refractivity contribution is 7.91. The van der Waals surface area contributed by atoms with Gasteiger partial charge < -0.3 is 0 Å². The van der Waals surface area contributed by atoms with Crippen LogP contribution in [0.25, 0.3) is 0 Å². The summed E-state index contributed by atoms with van der Waals surface area (Å²) in [5.41, 5.74) is 0.275. The van der Waals surface area contributed by atoms with Crippen LogP contribution >= 0.6 is 22.9 Å². The van der Waals surface area contributed by atoms with Gasteiger partial charge in [0.05, 0.1) is 6.20 Å². The molecule has 0 saturated carbocycles. The summed E-state index contributed by atoms with van der Waals surface area (Å²) < 4.78 is 39.4. The van der Waals surface area contributed by atoms with Crippen molar-refractivity contribution >= 4 is 33.0 Å². The lowest BCUT2D eigenvalue weighted by Crippen LogP contribution is -2.22. The molecule has 0 amide bonds. The molecule has 0 bridgehead atoms. The predicted octanol–water partition coefficient (Wildman–Crippen LogP) is 2.41. The summed E-state index contributed by atoms with van der Waals surface area (Å²) in [6.07, 6.45) is 1.16. The lowest BCUT2D eigenvalue weighted by Gasteiger charge is -2.05. The van der Waals surface area contributed by atoms with Crippen LogP contribution in [0.15, 0.2) is 34.7 Å². The third kappa shape index (κ3) is 3.05. The molecule has 4 nitrogen and oxygen atoms in total. The second kappa shape index (κ2) is 5.31. The van der Waals surface area contributed by atoms with E-state index in [1.807, 2.05) is 0 Å². The van der Waals surface area contributed by atoms with Gasteiger partial charge in [-0.25, -0.2) is 22.5 Å². The molecule has 0 atom stereocenters. The van der Waals surface area contributed by atoms with E-state index in [2.05, 4.69) is 9.71 Å². The molecule has 96 valence electrons. The van der Waals surface area contributed by atoms with Crippen molar-refractivity contribution in [3.63, 3.8) is 0 Å². The number of hydrogen-bond acceptors (Lipinski definition) is 4. The van der Waals surface area contributed by atoms with E-state index < -0.39 is 15.8 Å². The fraction of sp³-hybridized carbons (Fsp3) is 0.100. The van der Waals surface area contributed by atoms with Gasteiger partial charge in [-0.15, -0.1) is 0 Å². The molecule has 0 fully saturated rings. The summed E-state index contributed by atoms with van der Waals surface area (Å²) in [7, 11) is -3.70. The minimum absolute atomic E-state index is 0.00355. The van der Waals surface area contributed by atoms with E-state index in [0.717, 1.165) is 17.5 Å². The number of sulfonamides is 1. The average Bonchev–Trinajstić information content (AvgIpc) is 2.76. The zero-order valence-corrected chi connectivity index (χ0v) is 11.3. The predicted molar refractivity (Wildman–Crippen MR) is 67.5 cm³/mol. The normalized spacial score (nSPS) is 11.7. The summed E-state index contributed by atoms with van der Waals surface area (Å²) in [5.74, 6) is -0.456. The number of aromatic nitrogens is 1. The number of hydrogen-bond donors (Lipinski definition) is 1. The highest BCUT2D eigenvalue weighted by atomic mass is 35.5. The minimum Gasteiger partial charge on any atom is -0.232 e. The van der Waals surface area contributed by atoms with Gasteiger partial charge in [-0.3, -0.25) is 0 Å². The van der Waals surface area contributed by atoms with Gasteiger partial charge in [0, 0.05) is 12.1 Å². The van der Waals surface area contributed by atoms with Crippen molar-refractivity contribution in [3.05, 3.63) is 46.3 Å². The van der Waals surface area contributed by atoms with Crippen molar-refractivity contribution in [1.29, 1.82) is 0 Å². The maximum absolute atomic E-state index is 13.3. The van der Waals surface area contributed by atoms with Crippen molar-refractivity contribution < 1.29 is 12.8 Å². The highest BCUT2D eigenvalue weighted by Gasteiger charge is 2.17. The average molecular weight is 307 g/mol. The maximum Gasteiger partial charge on any atom is 0.252 e. The molecule has 8 heteroatoms. The third-order valence-corrected chi connectivity index (χ3v) is 5.11. The van der Waals surface area contributed by atoms with E-state index in [0.29, 0.717) is 0 Å². The van der Waals surface area contributed by atoms with Crippen LogP contribution in [-0.2, 0) is 16.6 Å². The number of nitrogens with one attached hydrogen (secondary N) is 1. The van der Waals surface area contributed by atoms with Crippen molar-refractivity contribution in [2.24, 2.45) is 0 Å². The van der Waals surface area contributed by atoms with Crippen LogP contribution < -0.4 is 4.72 Å². The summed E-state index contributed by atoms with van der Waals surface area (Å²) in [5, 5.41) is 0. The van der Waals surface area contributed by atoms with Crippen molar-refractivity contribution in [2.45, 2.75) is 10.8 Å². The van der Waals surface area contributed by atoms with E-state index in [4.69, 9.17) is 11.6 Å². The molecule has 0 radical (unpaired) electrons. The molecule has 2 rings (SSSR count). The molecule has 1 aromatic heterocycles. The Morgan fingerprint density at radius 1 is 1.39 bits per heavy atom. The van der Waals surface area contributed by atoms with Crippen LogP contribution in [0.5, 0.6) is 0 Å². The Bertz CT molecular complexity index is 657. The van der Waals surface area contributed by atoms with Gasteiger partial charge in [-0.05, 0) is 6.07 Å². The van der Waals surface area contributed by atoms with Gasteiger partial charge in [0.25, 0.3) is 10.0 Å². The quantitative estimate of drug-likeness (QED) is 0.943. The largest absolute Gasteiger partial charge is 0.252 e. The lowest BCUT2D eigenvalue weighted by molar-refractivity contribution is 0.576. The molecule has 1 aromatic carbocycles. The smallest absolute Gasteiger partial charge is 0.232 e. The summed E-state index contributed by atoms with van der Waals surface area (Å²) >= 11 is 6.41. The first-order valence-corrected chi connectivity index (χ1v) is 7.51. The molecule has 0 aliphatic rings. The van der Waals surface area contributed by atoms with Crippen molar-refractivity contribution in [1.82, 2.24) is 9.71 Å². The first-order valence-electron chi connectivity index (χ1n) is 4.83. The Morgan fingerprint density at radius 2 is 2.11 bits per heavy atom. The van der Waals surface area contributed by atoms with E-state index in [1.165, 1.54) is 18.2 Å². The van der Waals surface area contributed by atoms with Gasteiger partial charge in [0.2, 0.25) is 0 Å². The molecule has 0 spiro atoms. The molecular weight excluding hydrogens is 299 g/mol. The zero-order valence-electron chi connectivity index (χ0n) is 8.93. The Labute approximate surface area is 112 Å². The van der Waals surface area contributed by atoms with Crippen molar-refractivity contribution in [3.8, 4) is 0 Å². The van der Waals surface area contributed by atoms with Gasteiger partial charge in [0.1, 0.15) is 5.82 Å². The SMILES string of the molecule is O=S(=O)(NCc1ccccc1F)c1cnc(Cl)s1. The number of halogens is 2. The van der Waals surface area contributed by atoms with Gasteiger partial charge in [-0.2, -0.15) is 0 Å². The highest BCUT2D eigenvalue weighted by Crippen LogP contribution is 2.22. The maximum atomic E-state index is 13.3. The fourth-order valence-electron chi connectivity index (χ4n) is 1.25. The summed E-state index contributed by atoms with van der Waals surface area (Å²) in [4.78, 5) is 3.65. The number of rotatable bonds is 4. The van der Waals surface area contributed by atoms with E-state index in [9.17, 15) is 12.8 Å². The van der Waals surface area contributed by atoms with E-state index in [-0.39, 0.29) is 20.8 Å². The standard InChI is InChI=1S/C10H8ClFN2O2S2/c11-10-13-6-9(17-10)18(15,16)14-5-7-3-1-2-4-8(7)12/h1-4,6,14H,5H2. The summed E-state index contributed by atoms with van der Waals surface area (Å²) in [6.45, 7) is -0.121. The lowest BCUT2D eigenvalue weighted by atomic mass is 10.2. The molecule has 0 aliphatic carbocycles. The Morgan fingerprint density at radius 3 is 2.72 bits per heavy atom. The summed E-state index contributed by atoms with van der Waals surface area (Å²) in [6, 6.07) is 5.96. The molecule has 0 aliphatic heterocycles. The second-order valence-corrected chi connectivity index (χ2v) is 6.95.